The lowest BCUT2D eigenvalue weighted by Crippen LogP contribution is -1.96. The van der Waals surface area contributed by atoms with Crippen LogP contribution in [0.1, 0.15) is 24.9 Å². The molecule has 68 valence electrons. The van der Waals surface area contributed by atoms with Crippen LogP contribution in [-0.4, -0.2) is 14.7 Å². The first-order valence-corrected chi connectivity index (χ1v) is 4.39. The van der Waals surface area contributed by atoms with E-state index in [2.05, 4.69) is 11.9 Å². The van der Waals surface area contributed by atoms with Crippen LogP contribution in [0.25, 0.3) is 0 Å². The molecule has 1 heterocycles. The van der Waals surface area contributed by atoms with Gasteiger partial charge < -0.3 is 9.67 Å². The smallest absolute Gasteiger partial charge is 0.134 e. The lowest BCUT2D eigenvalue weighted by molar-refractivity contribution is 0.277. The number of rotatable bonds is 3. The summed E-state index contributed by atoms with van der Waals surface area (Å²) >= 11 is 5.89. The van der Waals surface area contributed by atoms with Crippen molar-refractivity contribution in [3.05, 3.63) is 16.7 Å². The molecule has 1 aromatic rings. The Hall–Kier alpha value is -0.540. The summed E-state index contributed by atoms with van der Waals surface area (Å²) in [5, 5.41) is 9.41. The molecule has 0 saturated heterocycles. The summed E-state index contributed by atoms with van der Waals surface area (Å²) in [5.74, 6) is 0.937. The molecule has 0 atom stereocenters. The zero-order valence-corrected chi connectivity index (χ0v) is 8.10. The highest BCUT2D eigenvalue weighted by Gasteiger charge is 2.10. The number of aryl methyl sites for hydroxylation is 1. The lowest BCUT2D eigenvalue weighted by Gasteiger charge is -1.98. The summed E-state index contributed by atoms with van der Waals surface area (Å²) in [6, 6.07) is 0. The second-order valence-corrected chi connectivity index (χ2v) is 3.09. The Morgan fingerprint density at radius 2 is 2.25 bits per heavy atom. The average Bonchev–Trinajstić information content (AvgIpc) is 2.33. The number of aliphatic hydroxyl groups excluding tert-OH is 1. The first-order valence-electron chi connectivity index (χ1n) is 4.01. The minimum absolute atomic E-state index is 0.0869. The summed E-state index contributed by atoms with van der Waals surface area (Å²) < 4.78 is 1.82. The van der Waals surface area contributed by atoms with Gasteiger partial charge in [-0.1, -0.05) is 18.5 Å². The standard InChI is InChI=1S/C8H13ClN2O/c1-3-4-7-10-6(5-12)8(9)11(7)2/h12H,3-5H2,1-2H3. The fourth-order valence-corrected chi connectivity index (χ4v) is 1.33. The Bertz CT molecular complexity index is 270. The van der Waals surface area contributed by atoms with Crippen LogP contribution in [-0.2, 0) is 20.1 Å². The number of aromatic nitrogens is 2. The van der Waals surface area contributed by atoms with Crippen molar-refractivity contribution >= 4 is 11.6 Å². The van der Waals surface area contributed by atoms with Gasteiger partial charge in [0, 0.05) is 13.5 Å². The molecule has 0 bridgehead atoms. The molecule has 0 amide bonds. The van der Waals surface area contributed by atoms with Crippen molar-refractivity contribution in [3.8, 4) is 0 Å². The van der Waals surface area contributed by atoms with E-state index in [1.54, 1.807) is 0 Å². The van der Waals surface area contributed by atoms with E-state index in [0.29, 0.717) is 10.8 Å². The summed E-state index contributed by atoms with van der Waals surface area (Å²) in [6.07, 6.45) is 1.93. The third kappa shape index (κ3) is 1.62. The number of imidazole rings is 1. The molecule has 0 aliphatic carbocycles. The van der Waals surface area contributed by atoms with Gasteiger partial charge in [0.1, 0.15) is 16.7 Å². The molecule has 0 saturated carbocycles. The zero-order valence-electron chi connectivity index (χ0n) is 7.34. The number of nitrogens with zero attached hydrogens (tertiary/aromatic N) is 2. The van der Waals surface area contributed by atoms with Crippen LogP contribution < -0.4 is 0 Å². The van der Waals surface area contributed by atoms with Gasteiger partial charge in [-0.2, -0.15) is 0 Å². The Kier molecular flexibility index (Phi) is 3.12. The van der Waals surface area contributed by atoms with Gasteiger partial charge in [0.15, 0.2) is 0 Å². The number of aliphatic hydroxyl groups is 1. The molecule has 1 N–H and O–H groups in total. The molecular weight excluding hydrogens is 176 g/mol. The van der Waals surface area contributed by atoms with E-state index < -0.39 is 0 Å². The minimum Gasteiger partial charge on any atom is -0.390 e. The fourth-order valence-electron chi connectivity index (χ4n) is 1.13. The molecule has 0 aromatic carbocycles. The average molecular weight is 189 g/mol. The van der Waals surface area contributed by atoms with E-state index in [-0.39, 0.29) is 6.61 Å². The van der Waals surface area contributed by atoms with Gasteiger partial charge in [0.2, 0.25) is 0 Å². The third-order valence-electron chi connectivity index (χ3n) is 1.81. The highest BCUT2D eigenvalue weighted by atomic mass is 35.5. The first-order chi connectivity index (χ1) is 5.70. The largest absolute Gasteiger partial charge is 0.390 e. The van der Waals surface area contributed by atoms with Crippen LogP contribution >= 0.6 is 11.6 Å². The van der Waals surface area contributed by atoms with Gasteiger partial charge in [-0.05, 0) is 6.42 Å². The van der Waals surface area contributed by atoms with Crippen molar-refractivity contribution in [2.24, 2.45) is 7.05 Å². The molecule has 12 heavy (non-hydrogen) atoms. The molecular formula is C8H13ClN2O. The van der Waals surface area contributed by atoms with Crippen molar-refractivity contribution in [2.75, 3.05) is 0 Å². The predicted molar refractivity (Wildman–Crippen MR) is 48.1 cm³/mol. The van der Waals surface area contributed by atoms with Crippen LogP contribution in [0.3, 0.4) is 0 Å². The Morgan fingerprint density at radius 3 is 2.67 bits per heavy atom. The summed E-state index contributed by atoms with van der Waals surface area (Å²) in [6.45, 7) is 2.00. The molecule has 0 unspecified atom stereocenters. The van der Waals surface area contributed by atoms with E-state index in [9.17, 15) is 0 Å². The van der Waals surface area contributed by atoms with Gasteiger partial charge in [-0.3, -0.25) is 0 Å². The molecule has 0 aliphatic rings. The maximum Gasteiger partial charge on any atom is 0.134 e. The number of hydrogen-bond donors (Lipinski definition) is 1. The maximum absolute atomic E-state index is 8.86. The Balaban J connectivity index is 2.98. The normalized spacial score (nSPS) is 10.7. The third-order valence-corrected chi connectivity index (χ3v) is 2.28. The van der Waals surface area contributed by atoms with Gasteiger partial charge in [0.05, 0.1) is 6.61 Å². The summed E-state index contributed by atoms with van der Waals surface area (Å²) in [7, 11) is 1.86. The van der Waals surface area contributed by atoms with E-state index in [1.807, 2.05) is 11.6 Å². The summed E-state index contributed by atoms with van der Waals surface area (Å²) in [5.41, 5.74) is 0.572. The summed E-state index contributed by atoms with van der Waals surface area (Å²) in [4.78, 5) is 4.20. The highest BCUT2D eigenvalue weighted by Crippen LogP contribution is 2.17. The number of halogens is 1. The molecule has 0 fully saturated rings. The van der Waals surface area contributed by atoms with Crippen molar-refractivity contribution in [2.45, 2.75) is 26.4 Å². The molecule has 4 heteroatoms. The molecule has 1 aromatic heterocycles. The van der Waals surface area contributed by atoms with Crippen LogP contribution in [0.2, 0.25) is 5.15 Å². The second kappa shape index (κ2) is 3.92. The van der Waals surface area contributed by atoms with Crippen LogP contribution in [0.15, 0.2) is 0 Å². The Labute approximate surface area is 77.0 Å². The van der Waals surface area contributed by atoms with Gasteiger partial charge in [0.25, 0.3) is 0 Å². The van der Waals surface area contributed by atoms with E-state index in [1.165, 1.54) is 0 Å². The zero-order chi connectivity index (χ0) is 9.14. The fraction of sp³-hybridized carbons (Fsp3) is 0.625. The molecule has 0 spiro atoms. The van der Waals surface area contributed by atoms with Gasteiger partial charge in [-0.15, -0.1) is 0 Å². The van der Waals surface area contributed by atoms with Crippen LogP contribution in [0, 0.1) is 0 Å². The van der Waals surface area contributed by atoms with Crippen molar-refractivity contribution in [3.63, 3.8) is 0 Å². The first kappa shape index (κ1) is 9.55. The SMILES string of the molecule is CCCc1nc(CO)c(Cl)n1C. The van der Waals surface area contributed by atoms with Crippen molar-refractivity contribution in [1.82, 2.24) is 9.55 Å². The Morgan fingerprint density at radius 1 is 1.58 bits per heavy atom. The lowest BCUT2D eigenvalue weighted by atomic mass is 10.3. The monoisotopic (exact) mass is 188 g/mol. The minimum atomic E-state index is -0.0869. The second-order valence-electron chi connectivity index (χ2n) is 2.73. The predicted octanol–water partition coefficient (Wildman–Crippen LogP) is 1.52. The van der Waals surface area contributed by atoms with Crippen LogP contribution in [0.5, 0.6) is 0 Å². The maximum atomic E-state index is 8.86. The van der Waals surface area contributed by atoms with E-state index >= 15 is 0 Å². The topological polar surface area (TPSA) is 38.1 Å². The highest BCUT2D eigenvalue weighted by molar-refractivity contribution is 6.30. The molecule has 0 radical (unpaired) electrons. The van der Waals surface area contributed by atoms with E-state index in [4.69, 9.17) is 16.7 Å². The molecule has 1 rings (SSSR count). The van der Waals surface area contributed by atoms with Crippen molar-refractivity contribution in [1.29, 1.82) is 0 Å². The van der Waals surface area contributed by atoms with Crippen LogP contribution in [0.4, 0.5) is 0 Å². The van der Waals surface area contributed by atoms with Gasteiger partial charge in [-0.25, -0.2) is 4.98 Å². The van der Waals surface area contributed by atoms with Crippen molar-refractivity contribution < 1.29 is 5.11 Å². The molecule has 3 nitrogen and oxygen atoms in total. The molecule has 0 aliphatic heterocycles. The quantitative estimate of drug-likeness (QED) is 0.781. The number of hydrogen-bond acceptors (Lipinski definition) is 2. The van der Waals surface area contributed by atoms with Gasteiger partial charge >= 0.3 is 0 Å². The van der Waals surface area contributed by atoms with E-state index in [0.717, 1.165) is 18.7 Å².